The van der Waals surface area contributed by atoms with Crippen LogP contribution in [0.3, 0.4) is 0 Å². The number of hydrogen-bond acceptors (Lipinski definition) is 4. The second kappa shape index (κ2) is 5.11. The maximum Gasteiger partial charge on any atom is 0.323 e. The Balaban J connectivity index is 2.16. The summed E-state index contributed by atoms with van der Waals surface area (Å²) in [6.07, 6.45) is 1.88. The number of cyclic esters (lactones) is 1. The SMILES string of the molecule is CNCCNC1CCCOC1=O. The number of likely N-dealkylation sites (N-methyl/N-ethyl adjacent to an activating group) is 1. The Morgan fingerprint density at radius 1 is 1.58 bits per heavy atom. The van der Waals surface area contributed by atoms with E-state index in [9.17, 15) is 4.79 Å². The van der Waals surface area contributed by atoms with Crippen molar-refractivity contribution in [1.82, 2.24) is 10.6 Å². The molecule has 12 heavy (non-hydrogen) atoms. The van der Waals surface area contributed by atoms with Gasteiger partial charge in [-0.25, -0.2) is 0 Å². The van der Waals surface area contributed by atoms with Crippen LogP contribution in [0.1, 0.15) is 12.8 Å². The molecule has 1 aliphatic rings. The summed E-state index contributed by atoms with van der Waals surface area (Å²) in [6, 6.07) is -0.0768. The molecule has 1 unspecified atom stereocenters. The van der Waals surface area contributed by atoms with Gasteiger partial charge >= 0.3 is 5.97 Å². The summed E-state index contributed by atoms with van der Waals surface area (Å²) in [5.74, 6) is -0.0997. The van der Waals surface area contributed by atoms with Gasteiger partial charge in [-0.3, -0.25) is 4.79 Å². The van der Waals surface area contributed by atoms with Crippen LogP contribution < -0.4 is 10.6 Å². The molecule has 0 radical (unpaired) electrons. The molecule has 0 saturated carbocycles. The van der Waals surface area contributed by atoms with Crippen molar-refractivity contribution < 1.29 is 9.53 Å². The fourth-order valence-electron chi connectivity index (χ4n) is 1.24. The number of carbonyl (C=O) groups is 1. The lowest BCUT2D eigenvalue weighted by molar-refractivity contribution is -0.149. The van der Waals surface area contributed by atoms with E-state index in [1.807, 2.05) is 7.05 Å². The molecule has 1 fully saturated rings. The molecule has 1 rings (SSSR count). The molecule has 1 aliphatic heterocycles. The predicted molar refractivity (Wildman–Crippen MR) is 45.9 cm³/mol. The van der Waals surface area contributed by atoms with Crippen LogP contribution in [0.5, 0.6) is 0 Å². The summed E-state index contributed by atoms with van der Waals surface area (Å²) in [5, 5.41) is 6.14. The number of esters is 1. The first-order chi connectivity index (χ1) is 5.84. The van der Waals surface area contributed by atoms with Gasteiger partial charge in [-0.15, -0.1) is 0 Å². The van der Waals surface area contributed by atoms with Gasteiger partial charge in [0.25, 0.3) is 0 Å². The smallest absolute Gasteiger partial charge is 0.323 e. The first-order valence-electron chi connectivity index (χ1n) is 4.39. The Kier molecular flexibility index (Phi) is 4.04. The van der Waals surface area contributed by atoms with E-state index in [4.69, 9.17) is 4.74 Å². The van der Waals surface area contributed by atoms with E-state index in [0.29, 0.717) is 6.61 Å². The van der Waals surface area contributed by atoms with Crippen LogP contribution in [-0.2, 0) is 9.53 Å². The minimum atomic E-state index is -0.0997. The Labute approximate surface area is 72.7 Å². The second-order valence-electron chi connectivity index (χ2n) is 2.92. The van der Waals surface area contributed by atoms with Crippen LogP contribution in [0.25, 0.3) is 0 Å². The van der Waals surface area contributed by atoms with Crippen LogP contribution >= 0.6 is 0 Å². The van der Waals surface area contributed by atoms with Gasteiger partial charge in [0, 0.05) is 13.1 Å². The first kappa shape index (κ1) is 9.48. The van der Waals surface area contributed by atoms with Gasteiger partial charge in [0.2, 0.25) is 0 Å². The molecule has 2 N–H and O–H groups in total. The number of hydrogen-bond donors (Lipinski definition) is 2. The molecule has 4 heteroatoms. The highest BCUT2D eigenvalue weighted by molar-refractivity contribution is 5.76. The number of nitrogens with one attached hydrogen (secondary N) is 2. The molecule has 1 atom stereocenters. The van der Waals surface area contributed by atoms with Crippen molar-refractivity contribution in [3.05, 3.63) is 0 Å². The van der Waals surface area contributed by atoms with Crippen LogP contribution in [0.15, 0.2) is 0 Å². The summed E-state index contributed by atoms with van der Waals surface area (Å²) >= 11 is 0. The zero-order valence-electron chi connectivity index (χ0n) is 7.43. The zero-order valence-corrected chi connectivity index (χ0v) is 7.43. The van der Waals surface area contributed by atoms with Crippen LogP contribution in [0.4, 0.5) is 0 Å². The van der Waals surface area contributed by atoms with Gasteiger partial charge in [-0.1, -0.05) is 0 Å². The molecule has 0 aromatic carbocycles. The lowest BCUT2D eigenvalue weighted by Gasteiger charge is -2.21. The highest BCUT2D eigenvalue weighted by atomic mass is 16.5. The molecule has 0 aromatic rings. The quantitative estimate of drug-likeness (QED) is 0.443. The van der Waals surface area contributed by atoms with Crippen molar-refractivity contribution in [1.29, 1.82) is 0 Å². The topological polar surface area (TPSA) is 50.4 Å². The fourth-order valence-corrected chi connectivity index (χ4v) is 1.24. The normalized spacial score (nSPS) is 23.8. The summed E-state index contributed by atoms with van der Waals surface area (Å²) in [5.41, 5.74) is 0. The van der Waals surface area contributed by atoms with Crippen molar-refractivity contribution in [2.24, 2.45) is 0 Å². The molecular weight excluding hydrogens is 156 g/mol. The second-order valence-corrected chi connectivity index (χ2v) is 2.92. The third-order valence-corrected chi connectivity index (χ3v) is 1.93. The van der Waals surface area contributed by atoms with E-state index in [2.05, 4.69) is 10.6 Å². The summed E-state index contributed by atoms with van der Waals surface area (Å²) < 4.78 is 4.90. The summed E-state index contributed by atoms with van der Waals surface area (Å²) in [7, 11) is 1.89. The highest BCUT2D eigenvalue weighted by Gasteiger charge is 2.22. The van der Waals surface area contributed by atoms with Gasteiger partial charge in [-0.2, -0.15) is 0 Å². The average Bonchev–Trinajstić information content (AvgIpc) is 2.09. The highest BCUT2D eigenvalue weighted by Crippen LogP contribution is 2.06. The molecule has 0 aromatic heterocycles. The summed E-state index contributed by atoms with van der Waals surface area (Å²) in [6.45, 7) is 2.28. The van der Waals surface area contributed by atoms with Crippen LogP contribution in [-0.4, -0.2) is 38.8 Å². The lowest BCUT2D eigenvalue weighted by atomic mass is 10.1. The lowest BCUT2D eigenvalue weighted by Crippen LogP contribution is -2.43. The van der Waals surface area contributed by atoms with E-state index in [0.717, 1.165) is 25.9 Å². The van der Waals surface area contributed by atoms with Gasteiger partial charge in [0.15, 0.2) is 0 Å². The van der Waals surface area contributed by atoms with Crippen molar-refractivity contribution in [2.45, 2.75) is 18.9 Å². The fraction of sp³-hybridized carbons (Fsp3) is 0.875. The molecular formula is C8H16N2O2. The zero-order chi connectivity index (χ0) is 8.81. The van der Waals surface area contributed by atoms with E-state index in [1.165, 1.54) is 0 Å². The molecule has 0 aliphatic carbocycles. The van der Waals surface area contributed by atoms with Crippen molar-refractivity contribution in [3.63, 3.8) is 0 Å². The Morgan fingerprint density at radius 2 is 2.42 bits per heavy atom. The molecule has 0 spiro atoms. The first-order valence-corrected chi connectivity index (χ1v) is 4.39. The number of rotatable bonds is 4. The Bertz CT molecular complexity index is 150. The Hall–Kier alpha value is -0.610. The third-order valence-electron chi connectivity index (χ3n) is 1.93. The van der Waals surface area contributed by atoms with E-state index < -0.39 is 0 Å². The van der Waals surface area contributed by atoms with Crippen molar-refractivity contribution in [2.75, 3.05) is 26.7 Å². The van der Waals surface area contributed by atoms with E-state index >= 15 is 0 Å². The predicted octanol–water partition coefficient (Wildman–Crippen LogP) is -0.499. The van der Waals surface area contributed by atoms with Crippen LogP contribution in [0.2, 0.25) is 0 Å². The van der Waals surface area contributed by atoms with E-state index in [1.54, 1.807) is 0 Å². The van der Waals surface area contributed by atoms with Gasteiger partial charge in [0.1, 0.15) is 6.04 Å². The van der Waals surface area contributed by atoms with E-state index in [-0.39, 0.29) is 12.0 Å². The molecule has 0 amide bonds. The van der Waals surface area contributed by atoms with Gasteiger partial charge in [0.05, 0.1) is 6.61 Å². The maximum absolute atomic E-state index is 11.1. The number of ether oxygens (including phenoxy) is 1. The van der Waals surface area contributed by atoms with Gasteiger partial charge in [-0.05, 0) is 19.9 Å². The number of carbonyl (C=O) groups excluding carboxylic acids is 1. The minimum absolute atomic E-state index is 0.0768. The van der Waals surface area contributed by atoms with Crippen molar-refractivity contribution >= 4 is 5.97 Å². The Morgan fingerprint density at radius 3 is 3.08 bits per heavy atom. The molecule has 1 heterocycles. The monoisotopic (exact) mass is 172 g/mol. The molecule has 0 bridgehead atoms. The van der Waals surface area contributed by atoms with Crippen molar-refractivity contribution in [3.8, 4) is 0 Å². The molecule has 1 saturated heterocycles. The minimum Gasteiger partial charge on any atom is -0.465 e. The van der Waals surface area contributed by atoms with Crippen LogP contribution in [0, 0.1) is 0 Å². The van der Waals surface area contributed by atoms with Gasteiger partial charge < -0.3 is 15.4 Å². The molecule has 4 nitrogen and oxygen atoms in total. The standard InChI is InChI=1S/C8H16N2O2/c1-9-4-5-10-7-3-2-6-12-8(7)11/h7,9-10H,2-6H2,1H3. The maximum atomic E-state index is 11.1. The average molecular weight is 172 g/mol. The largest absolute Gasteiger partial charge is 0.465 e. The third kappa shape index (κ3) is 2.79. The summed E-state index contributed by atoms with van der Waals surface area (Å²) in [4.78, 5) is 11.1. The molecule has 70 valence electrons.